The molecule has 0 aliphatic rings. The van der Waals surface area contributed by atoms with Crippen LogP contribution in [0.25, 0.3) is 0 Å². The van der Waals surface area contributed by atoms with Gasteiger partial charge in [0.15, 0.2) is 18.4 Å². The first-order valence-electron chi connectivity index (χ1n) is 11.6. The predicted octanol–water partition coefficient (Wildman–Crippen LogP) is 4.84. The molecule has 0 heterocycles. The standard InChI is InChI=1S/C30H24N2O5/c33-26(21-16-18-25(19-17-21)31-28(34)23-12-6-2-7-13-23)20-37-30(36)27(22-10-4-1-5-11-22)32-29(35)24-14-8-3-9-15-24/h1-19,27H,20H2,(H,31,34)(H,32,35). The zero-order chi connectivity index (χ0) is 26.0. The molecule has 0 aliphatic heterocycles. The van der Waals surface area contributed by atoms with Crippen molar-refractivity contribution in [3.63, 3.8) is 0 Å². The van der Waals surface area contributed by atoms with Crippen LogP contribution in [0.5, 0.6) is 0 Å². The van der Waals surface area contributed by atoms with Crippen LogP contribution in [0.2, 0.25) is 0 Å². The lowest BCUT2D eigenvalue weighted by molar-refractivity contribution is -0.145. The number of hydrogen-bond donors (Lipinski definition) is 2. The quantitative estimate of drug-likeness (QED) is 0.257. The molecule has 2 N–H and O–H groups in total. The van der Waals surface area contributed by atoms with Gasteiger partial charge in [-0.3, -0.25) is 14.4 Å². The molecule has 0 aliphatic carbocycles. The third kappa shape index (κ3) is 6.76. The van der Waals surface area contributed by atoms with E-state index in [9.17, 15) is 19.2 Å². The number of carbonyl (C=O) groups excluding carboxylic acids is 4. The zero-order valence-corrected chi connectivity index (χ0v) is 19.8. The van der Waals surface area contributed by atoms with E-state index < -0.39 is 30.3 Å². The highest BCUT2D eigenvalue weighted by Gasteiger charge is 2.25. The fourth-order valence-electron chi connectivity index (χ4n) is 3.56. The van der Waals surface area contributed by atoms with Crippen molar-refractivity contribution >= 4 is 29.3 Å². The summed E-state index contributed by atoms with van der Waals surface area (Å²) in [4.78, 5) is 50.5. The SMILES string of the molecule is O=C(COC(=O)C(NC(=O)c1ccccc1)c1ccccc1)c1ccc(NC(=O)c2ccccc2)cc1. The van der Waals surface area contributed by atoms with E-state index in [1.54, 1.807) is 109 Å². The Morgan fingerprint density at radius 1 is 0.595 bits per heavy atom. The van der Waals surface area contributed by atoms with Gasteiger partial charge in [0.2, 0.25) is 0 Å². The van der Waals surface area contributed by atoms with Gasteiger partial charge in [0.05, 0.1) is 0 Å². The zero-order valence-electron chi connectivity index (χ0n) is 19.8. The number of Topliss-reactive ketones (excluding diaryl/α,β-unsaturated/α-hetero) is 1. The van der Waals surface area contributed by atoms with Gasteiger partial charge in [0, 0.05) is 22.4 Å². The first kappa shape index (κ1) is 25.1. The van der Waals surface area contributed by atoms with Crippen molar-refractivity contribution in [2.45, 2.75) is 6.04 Å². The van der Waals surface area contributed by atoms with Gasteiger partial charge in [-0.05, 0) is 54.1 Å². The van der Waals surface area contributed by atoms with E-state index in [-0.39, 0.29) is 5.91 Å². The molecule has 2 amide bonds. The number of hydrogen-bond acceptors (Lipinski definition) is 5. The number of ether oxygens (including phenoxy) is 1. The van der Waals surface area contributed by atoms with Crippen LogP contribution in [0.3, 0.4) is 0 Å². The first-order valence-corrected chi connectivity index (χ1v) is 11.6. The van der Waals surface area contributed by atoms with Crippen LogP contribution >= 0.6 is 0 Å². The summed E-state index contributed by atoms with van der Waals surface area (Å²) in [6, 6.07) is 31.1. The molecular weight excluding hydrogens is 468 g/mol. The number of carbonyl (C=O) groups is 4. The second-order valence-corrected chi connectivity index (χ2v) is 8.11. The number of benzene rings is 4. The Morgan fingerprint density at radius 2 is 1.11 bits per heavy atom. The second kappa shape index (κ2) is 12.1. The van der Waals surface area contributed by atoms with E-state index in [0.29, 0.717) is 27.9 Å². The van der Waals surface area contributed by atoms with Crippen LogP contribution in [0.15, 0.2) is 115 Å². The summed E-state index contributed by atoms with van der Waals surface area (Å²) in [7, 11) is 0. The minimum absolute atomic E-state index is 0.266. The van der Waals surface area contributed by atoms with Gasteiger partial charge in [-0.1, -0.05) is 66.7 Å². The van der Waals surface area contributed by atoms with Crippen molar-refractivity contribution in [3.05, 3.63) is 138 Å². The predicted molar refractivity (Wildman–Crippen MR) is 139 cm³/mol. The summed E-state index contributed by atoms with van der Waals surface area (Å²) < 4.78 is 5.29. The maximum atomic E-state index is 12.9. The Labute approximate surface area is 214 Å². The Hall–Kier alpha value is -5.04. The number of rotatable bonds is 9. The summed E-state index contributed by atoms with van der Waals surface area (Å²) >= 11 is 0. The van der Waals surface area contributed by atoms with E-state index in [0.717, 1.165) is 0 Å². The average Bonchev–Trinajstić information content (AvgIpc) is 2.96. The lowest BCUT2D eigenvalue weighted by atomic mass is 10.1. The molecule has 4 rings (SSSR count). The van der Waals surface area contributed by atoms with Gasteiger partial charge < -0.3 is 15.4 Å². The highest BCUT2D eigenvalue weighted by Crippen LogP contribution is 2.17. The molecule has 1 unspecified atom stereocenters. The summed E-state index contributed by atoms with van der Waals surface area (Å²) in [5.74, 6) is -1.88. The number of ketones is 1. The smallest absolute Gasteiger partial charge is 0.333 e. The third-order valence-corrected chi connectivity index (χ3v) is 5.53. The molecule has 7 nitrogen and oxygen atoms in total. The molecule has 1 atom stereocenters. The van der Waals surface area contributed by atoms with Gasteiger partial charge >= 0.3 is 5.97 Å². The molecule has 0 saturated heterocycles. The lowest BCUT2D eigenvalue weighted by Gasteiger charge is -2.18. The van der Waals surface area contributed by atoms with Crippen LogP contribution in [0.1, 0.15) is 42.7 Å². The molecule has 4 aromatic rings. The lowest BCUT2D eigenvalue weighted by Crippen LogP contribution is -2.35. The number of nitrogens with one attached hydrogen (secondary N) is 2. The second-order valence-electron chi connectivity index (χ2n) is 8.11. The van der Waals surface area contributed by atoms with Gasteiger partial charge in [0.1, 0.15) is 0 Å². The average molecular weight is 493 g/mol. The Bertz CT molecular complexity index is 1370. The van der Waals surface area contributed by atoms with Gasteiger partial charge in [-0.15, -0.1) is 0 Å². The van der Waals surface area contributed by atoms with E-state index in [2.05, 4.69) is 10.6 Å². The molecule has 0 aromatic heterocycles. The van der Waals surface area contributed by atoms with Crippen LogP contribution in [0.4, 0.5) is 5.69 Å². The van der Waals surface area contributed by atoms with E-state index in [1.165, 1.54) is 0 Å². The van der Waals surface area contributed by atoms with Crippen molar-refractivity contribution < 1.29 is 23.9 Å². The molecule has 4 aromatic carbocycles. The molecule has 37 heavy (non-hydrogen) atoms. The van der Waals surface area contributed by atoms with Crippen molar-refractivity contribution in [3.8, 4) is 0 Å². The molecule has 7 heteroatoms. The van der Waals surface area contributed by atoms with Gasteiger partial charge in [-0.2, -0.15) is 0 Å². The van der Waals surface area contributed by atoms with E-state index >= 15 is 0 Å². The summed E-state index contributed by atoms with van der Waals surface area (Å²) in [5.41, 5.74) is 2.28. The van der Waals surface area contributed by atoms with Crippen molar-refractivity contribution in [1.29, 1.82) is 0 Å². The summed E-state index contributed by atoms with van der Waals surface area (Å²) in [6.45, 7) is -0.501. The van der Waals surface area contributed by atoms with Crippen molar-refractivity contribution in [2.24, 2.45) is 0 Å². The number of amides is 2. The Balaban J connectivity index is 1.38. The number of anilines is 1. The minimum Gasteiger partial charge on any atom is -0.455 e. The molecule has 0 fully saturated rings. The topological polar surface area (TPSA) is 102 Å². The molecule has 0 spiro atoms. The van der Waals surface area contributed by atoms with Crippen LogP contribution < -0.4 is 10.6 Å². The van der Waals surface area contributed by atoms with E-state index in [4.69, 9.17) is 4.74 Å². The molecule has 0 saturated carbocycles. The van der Waals surface area contributed by atoms with Crippen LogP contribution in [-0.4, -0.2) is 30.2 Å². The maximum absolute atomic E-state index is 12.9. The molecular formula is C30H24N2O5. The van der Waals surface area contributed by atoms with E-state index in [1.807, 2.05) is 6.07 Å². The van der Waals surface area contributed by atoms with Crippen LogP contribution in [0, 0.1) is 0 Å². The third-order valence-electron chi connectivity index (χ3n) is 5.53. The maximum Gasteiger partial charge on any atom is 0.333 e. The number of esters is 1. The van der Waals surface area contributed by atoms with Crippen molar-refractivity contribution in [1.82, 2.24) is 5.32 Å². The molecule has 0 bridgehead atoms. The highest BCUT2D eigenvalue weighted by atomic mass is 16.5. The Morgan fingerprint density at radius 3 is 1.68 bits per heavy atom. The molecule has 184 valence electrons. The first-order chi connectivity index (χ1) is 18.0. The van der Waals surface area contributed by atoms with Crippen molar-refractivity contribution in [2.75, 3.05) is 11.9 Å². The minimum atomic E-state index is -1.09. The Kier molecular flexibility index (Phi) is 8.18. The fraction of sp³-hybridized carbons (Fsp3) is 0.0667. The normalized spacial score (nSPS) is 11.1. The van der Waals surface area contributed by atoms with Gasteiger partial charge in [-0.25, -0.2) is 4.79 Å². The highest BCUT2D eigenvalue weighted by molar-refractivity contribution is 6.05. The van der Waals surface area contributed by atoms with Gasteiger partial charge in [0.25, 0.3) is 11.8 Å². The monoisotopic (exact) mass is 492 g/mol. The summed E-state index contributed by atoms with van der Waals surface area (Å²) in [5, 5.41) is 5.45. The molecule has 0 radical (unpaired) electrons. The summed E-state index contributed by atoms with van der Waals surface area (Å²) in [6.07, 6.45) is 0. The largest absolute Gasteiger partial charge is 0.455 e. The van der Waals surface area contributed by atoms with Crippen LogP contribution in [-0.2, 0) is 9.53 Å². The fourth-order valence-corrected chi connectivity index (χ4v) is 3.56.